The Morgan fingerprint density at radius 2 is 1.65 bits per heavy atom. The molecule has 0 aromatic heterocycles. The number of hydrogen-bond donors (Lipinski definition) is 1. The van der Waals surface area contributed by atoms with E-state index in [4.69, 9.17) is 10.5 Å². The van der Waals surface area contributed by atoms with E-state index in [1.807, 2.05) is 0 Å². The number of amides is 1. The summed E-state index contributed by atoms with van der Waals surface area (Å²) in [7, 11) is -2.04. The van der Waals surface area contributed by atoms with Gasteiger partial charge in [0.1, 0.15) is 5.75 Å². The Bertz CT molecular complexity index is 657. The van der Waals surface area contributed by atoms with E-state index in [2.05, 4.69) is 0 Å². The minimum Gasteiger partial charge on any atom is -0.497 e. The predicted molar refractivity (Wildman–Crippen MR) is 86.6 cm³/mol. The average Bonchev–Trinajstić information content (AvgIpc) is 2.53. The fraction of sp³-hybridized carbons (Fsp3) is 0.533. The first-order chi connectivity index (χ1) is 10.7. The van der Waals surface area contributed by atoms with Crippen LogP contribution in [0.15, 0.2) is 29.2 Å². The van der Waals surface area contributed by atoms with Crippen LogP contribution in [0.25, 0.3) is 0 Å². The van der Waals surface area contributed by atoms with Gasteiger partial charge in [0.15, 0.2) is 0 Å². The van der Waals surface area contributed by atoms with Crippen molar-refractivity contribution in [2.24, 2.45) is 5.73 Å². The van der Waals surface area contributed by atoms with Crippen LogP contribution in [0, 0.1) is 0 Å². The van der Waals surface area contributed by atoms with Crippen molar-refractivity contribution >= 4 is 15.9 Å². The smallest absolute Gasteiger partial charge is 0.243 e. The van der Waals surface area contributed by atoms with Crippen molar-refractivity contribution in [3.63, 3.8) is 0 Å². The van der Waals surface area contributed by atoms with E-state index in [0.717, 1.165) is 0 Å². The van der Waals surface area contributed by atoms with E-state index < -0.39 is 15.6 Å². The van der Waals surface area contributed by atoms with Crippen LogP contribution in [-0.4, -0.2) is 62.4 Å². The normalized spacial score (nSPS) is 17.1. The number of carbonyl (C=O) groups is 1. The molecule has 1 aliphatic rings. The van der Waals surface area contributed by atoms with Crippen molar-refractivity contribution in [1.82, 2.24) is 9.21 Å². The fourth-order valence-electron chi connectivity index (χ4n) is 2.44. The van der Waals surface area contributed by atoms with Gasteiger partial charge in [-0.15, -0.1) is 0 Å². The Balaban J connectivity index is 2.07. The quantitative estimate of drug-likeness (QED) is 0.848. The average molecular weight is 341 g/mol. The summed E-state index contributed by atoms with van der Waals surface area (Å²) < 4.78 is 31.7. The van der Waals surface area contributed by atoms with Crippen LogP contribution >= 0.6 is 0 Å². The second-order valence-electron chi connectivity index (χ2n) is 6.09. The summed E-state index contributed by atoms with van der Waals surface area (Å²) >= 11 is 0. The summed E-state index contributed by atoms with van der Waals surface area (Å²) in [5.74, 6) is 0.434. The van der Waals surface area contributed by atoms with E-state index in [1.54, 1.807) is 30.9 Å². The first-order valence-electron chi connectivity index (χ1n) is 7.39. The number of hydrogen-bond acceptors (Lipinski definition) is 5. The third-order valence-electron chi connectivity index (χ3n) is 3.77. The molecule has 0 atom stereocenters. The lowest BCUT2D eigenvalue weighted by Gasteiger charge is -2.36. The number of rotatable bonds is 4. The Morgan fingerprint density at radius 1 is 1.13 bits per heavy atom. The molecule has 2 N–H and O–H groups in total. The van der Waals surface area contributed by atoms with Gasteiger partial charge in [0, 0.05) is 26.2 Å². The molecule has 2 rings (SSSR count). The van der Waals surface area contributed by atoms with Gasteiger partial charge >= 0.3 is 0 Å². The maximum Gasteiger partial charge on any atom is 0.243 e. The van der Waals surface area contributed by atoms with E-state index in [9.17, 15) is 13.2 Å². The SMILES string of the molecule is COc1ccc(S(=O)(=O)N2CCN(C(=O)C(C)(C)N)CC2)cc1. The molecule has 1 fully saturated rings. The number of benzene rings is 1. The van der Waals surface area contributed by atoms with E-state index in [0.29, 0.717) is 18.8 Å². The highest BCUT2D eigenvalue weighted by Crippen LogP contribution is 2.21. The molecule has 8 heteroatoms. The molecule has 1 amide bonds. The van der Waals surface area contributed by atoms with Crippen LogP contribution in [0.1, 0.15) is 13.8 Å². The van der Waals surface area contributed by atoms with Crippen molar-refractivity contribution in [3.05, 3.63) is 24.3 Å². The molecule has 23 heavy (non-hydrogen) atoms. The second-order valence-corrected chi connectivity index (χ2v) is 8.03. The summed E-state index contributed by atoms with van der Waals surface area (Å²) in [6, 6.07) is 6.27. The molecule has 1 heterocycles. The van der Waals surface area contributed by atoms with Gasteiger partial charge in [-0.3, -0.25) is 4.79 Å². The van der Waals surface area contributed by atoms with Crippen LogP contribution < -0.4 is 10.5 Å². The highest BCUT2D eigenvalue weighted by atomic mass is 32.2. The zero-order chi connectivity index (χ0) is 17.3. The molecule has 0 radical (unpaired) electrons. The molecule has 0 unspecified atom stereocenters. The minimum atomic E-state index is -3.56. The summed E-state index contributed by atoms with van der Waals surface area (Å²) in [6.07, 6.45) is 0. The Morgan fingerprint density at radius 3 is 2.09 bits per heavy atom. The molecule has 1 aromatic rings. The molecule has 0 saturated carbocycles. The summed E-state index contributed by atoms with van der Waals surface area (Å²) in [5.41, 5.74) is 4.87. The maximum absolute atomic E-state index is 12.6. The molecular formula is C15H23N3O4S. The van der Waals surface area contributed by atoms with Gasteiger partial charge in [-0.25, -0.2) is 8.42 Å². The molecule has 1 aromatic carbocycles. The van der Waals surface area contributed by atoms with Crippen molar-refractivity contribution in [3.8, 4) is 5.75 Å². The predicted octanol–water partition coefficient (Wildman–Crippen LogP) is 0.265. The van der Waals surface area contributed by atoms with E-state index >= 15 is 0 Å². The number of carbonyl (C=O) groups excluding carboxylic acids is 1. The first-order valence-corrected chi connectivity index (χ1v) is 8.83. The van der Waals surface area contributed by atoms with Crippen molar-refractivity contribution < 1.29 is 17.9 Å². The van der Waals surface area contributed by atoms with Gasteiger partial charge in [-0.05, 0) is 38.1 Å². The summed E-state index contributed by atoms with van der Waals surface area (Å²) in [6.45, 7) is 4.50. The largest absolute Gasteiger partial charge is 0.497 e. The monoisotopic (exact) mass is 341 g/mol. The van der Waals surface area contributed by atoms with Gasteiger partial charge < -0.3 is 15.4 Å². The van der Waals surface area contributed by atoms with Crippen LogP contribution in [0.4, 0.5) is 0 Å². The molecule has 0 bridgehead atoms. The Labute approximate surface area is 137 Å². The number of piperazine rings is 1. The molecule has 128 valence electrons. The standard InChI is InChI=1S/C15H23N3O4S/c1-15(2,16)14(19)17-8-10-18(11-9-17)23(20,21)13-6-4-12(22-3)5-7-13/h4-7H,8-11,16H2,1-3H3. The fourth-order valence-corrected chi connectivity index (χ4v) is 3.86. The zero-order valence-corrected chi connectivity index (χ0v) is 14.5. The number of nitrogens with zero attached hydrogens (tertiary/aromatic N) is 2. The lowest BCUT2D eigenvalue weighted by atomic mass is 10.1. The van der Waals surface area contributed by atoms with Crippen LogP contribution in [0.3, 0.4) is 0 Å². The van der Waals surface area contributed by atoms with Gasteiger partial charge in [-0.1, -0.05) is 0 Å². The molecule has 7 nitrogen and oxygen atoms in total. The molecule has 1 saturated heterocycles. The van der Waals surface area contributed by atoms with Gasteiger partial charge in [0.2, 0.25) is 15.9 Å². The lowest BCUT2D eigenvalue weighted by molar-refractivity contribution is -0.137. The lowest BCUT2D eigenvalue weighted by Crippen LogP contribution is -2.57. The first kappa shape index (κ1) is 17.7. The molecule has 0 aliphatic carbocycles. The Kier molecular flexibility index (Phi) is 4.98. The van der Waals surface area contributed by atoms with Gasteiger partial charge in [0.05, 0.1) is 17.5 Å². The highest BCUT2D eigenvalue weighted by Gasteiger charge is 2.34. The van der Waals surface area contributed by atoms with Gasteiger partial charge in [0.25, 0.3) is 0 Å². The second kappa shape index (κ2) is 6.46. The molecule has 0 spiro atoms. The van der Waals surface area contributed by atoms with Crippen molar-refractivity contribution in [2.75, 3.05) is 33.3 Å². The van der Waals surface area contributed by atoms with Crippen LogP contribution in [0.2, 0.25) is 0 Å². The molecule has 1 aliphatic heterocycles. The van der Waals surface area contributed by atoms with Crippen LogP contribution in [0.5, 0.6) is 5.75 Å². The Hall–Kier alpha value is -1.64. The highest BCUT2D eigenvalue weighted by molar-refractivity contribution is 7.89. The minimum absolute atomic E-state index is 0.168. The number of sulfonamides is 1. The summed E-state index contributed by atoms with van der Waals surface area (Å²) in [5, 5.41) is 0. The third-order valence-corrected chi connectivity index (χ3v) is 5.69. The van der Waals surface area contributed by atoms with Crippen molar-refractivity contribution in [1.29, 1.82) is 0 Å². The molecular weight excluding hydrogens is 318 g/mol. The number of nitrogens with two attached hydrogens (primary N) is 1. The maximum atomic E-state index is 12.6. The van der Waals surface area contributed by atoms with Gasteiger partial charge in [-0.2, -0.15) is 4.31 Å². The van der Waals surface area contributed by atoms with Crippen LogP contribution in [-0.2, 0) is 14.8 Å². The van der Waals surface area contributed by atoms with Crippen molar-refractivity contribution in [2.45, 2.75) is 24.3 Å². The van der Waals surface area contributed by atoms with E-state index in [-0.39, 0.29) is 23.9 Å². The third kappa shape index (κ3) is 3.82. The number of methoxy groups -OCH3 is 1. The summed E-state index contributed by atoms with van der Waals surface area (Å²) in [4.78, 5) is 14.0. The zero-order valence-electron chi connectivity index (χ0n) is 13.7. The topological polar surface area (TPSA) is 92.9 Å². The number of ether oxygens (including phenoxy) is 1. The van der Waals surface area contributed by atoms with E-state index in [1.165, 1.54) is 23.5 Å².